The number of hydrogen-bond acceptors (Lipinski definition) is 3. The molecule has 0 aliphatic carbocycles. The van der Waals surface area contributed by atoms with Crippen LogP contribution in [-0.2, 0) is 16.0 Å². The molecule has 0 fully saturated rings. The van der Waals surface area contributed by atoms with E-state index in [2.05, 4.69) is 72.0 Å². The first-order chi connectivity index (χ1) is 9.63. The number of aliphatic hydroxyl groups excluding tert-OH is 1. The molecule has 0 spiro atoms. The Morgan fingerprint density at radius 2 is 1.40 bits per heavy atom. The van der Waals surface area contributed by atoms with Crippen LogP contribution in [0, 0.1) is 0 Å². The van der Waals surface area contributed by atoms with Crippen molar-refractivity contribution in [3.05, 3.63) is 84.1 Å². The summed E-state index contributed by atoms with van der Waals surface area (Å²) in [5.74, 6) is -1.36. The molecule has 0 aliphatic heterocycles. The second-order valence-corrected chi connectivity index (χ2v) is 4.09. The Bertz CT molecular complexity index is 495. The highest BCUT2D eigenvalue weighted by Gasteiger charge is 1.99. The molecule has 2 aromatic rings. The summed E-state index contributed by atoms with van der Waals surface area (Å²) in [7, 11) is 1.17. The van der Waals surface area contributed by atoms with Gasteiger partial charge in [0.05, 0.1) is 7.11 Å². The summed E-state index contributed by atoms with van der Waals surface area (Å²) in [5, 5.41) is 8.15. The monoisotopic (exact) mass is 270 g/mol. The molecule has 3 heteroatoms. The van der Waals surface area contributed by atoms with Crippen molar-refractivity contribution in [3.8, 4) is 0 Å². The SMILES string of the molecule is C=C(O)C(=O)OC.c1ccc(Cc2ccccc2)cc1. The fraction of sp³-hybridized carbons (Fsp3) is 0.118. The van der Waals surface area contributed by atoms with Crippen LogP contribution in [0.15, 0.2) is 73.0 Å². The Kier molecular flexibility index (Phi) is 6.62. The molecule has 2 rings (SSSR count). The largest absolute Gasteiger partial charge is 0.502 e. The molecule has 0 atom stereocenters. The molecule has 1 N–H and O–H groups in total. The van der Waals surface area contributed by atoms with E-state index in [4.69, 9.17) is 5.11 Å². The van der Waals surface area contributed by atoms with Crippen LogP contribution in [0.3, 0.4) is 0 Å². The van der Waals surface area contributed by atoms with Gasteiger partial charge in [0, 0.05) is 0 Å². The number of ether oxygens (including phenoxy) is 1. The number of carbonyl (C=O) groups is 1. The first-order valence-corrected chi connectivity index (χ1v) is 6.17. The number of carbonyl (C=O) groups excluding carboxylic acids is 1. The van der Waals surface area contributed by atoms with E-state index in [1.807, 2.05) is 0 Å². The van der Waals surface area contributed by atoms with E-state index in [-0.39, 0.29) is 0 Å². The molecule has 0 unspecified atom stereocenters. The van der Waals surface area contributed by atoms with Crippen LogP contribution < -0.4 is 0 Å². The highest BCUT2D eigenvalue weighted by Crippen LogP contribution is 2.07. The number of aliphatic hydroxyl groups is 1. The van der Waals surface area contributed by atoms with Gasteiger partial charge in [-0.05, 0) is 24.1 Å². The molecule has 0 aromatic heterocycles. The van der Waals surface area contributed by atoms with Crippen LogP contribution in [0.2, 0.25) is 0 Å². The van der Waals surface area contributed by atoms with Gasteiger partial charge in [0.2, 0.25) is 0 Å². The molecule has 3 nitrogen and oxygen atoms in total. The maximum atomic E-state index is 9.94. The van der Waals surface area contributed by atoms with Gasteiger partial charge in [-0.3, -0.25) is 0 Å². The van der Waals surface area contributed by atoms with Gasteiger partial charge in [0.25, 0.3) is 0 Å². The number of esters is 1. The molecule has 0 radical (unpaired) electrons. The minimum Gasteiger partial charge on any atom is -0.502 e. The lowest BCUT2D eigenvalue weighted by atomic mass is 10.1. The van der Waals surface area contributed by atoms with Gasteiger partial charge in [-0.1, -0.05) is 60.7 Å². The van der Waals surface area contributed by atoms with Crippen molar-refractivity contribution < 1.29 is 14.6 Å². The van der Waals surface area contributed by atoms with Crippen molar-refractivity contribution in [2.45, 2.75) is 6.42 Å². The minimum absolute atomic E-state index is 0.567. The number of hydrogen-bond donors (Lipinski definition) is 1. The number of benzene rings is 2. The average Bonchev–Trinajstić information content (AvgIpc) is 2.49. The van der Waals surface area contributed by atoms with Crippen LogP contribution in [0.4, 0.5) is 0 Å². The maximum absolute atomic E-state index is 9.94. The Balaban J connectivity index is 0.000000246. The Morgan fingerprint density at radius 3 is 1.65 bits per heavy atom. The van der Waals surface area contributed by atoms with Gasteiger partial charge in [-0.15, -0.1) is 0 Å². The molecule has 0 saturated heterocycles. The van der Waals surface area contributed by atoms with E-state index in [9.17, 15) is 4.79 Å². The zero-order valence-corrected chi connectivity index (χ0v) is 11.5. The van der Waals surface area contributed by atoms with Crippen molar-refractivity contribution in [3.63, 3.8) is 0 Å². The van der Waals surface area contributed by atoms with Crippen LogP contribution in [0.25, 0.3) is 0 Å². The average molecular weight is 270 g/mol. The van der Waals surface area contributed by atoms with Crippen molar-refractivity contribution in [1.29, 1.82) is 0 Å². The van der Waals surface area contributed by atoms with Gasteiger partial charge in [-0.25, -0.2) is 4.79 Å². The molecular formula is C17H18O3. The highest BCUT2D eigenvalue weighted by molar-refractivity contribution is 5.84. The number of rotatable bonds is 3. The zero-order chi connectivity index (χ0) is 14.8. The van der Waals surface area contributed by atoms with Crippen molar-refractivity contribution in [2.24, 2.45) is 0 Å². The van der Waals surface area contributed by atoms with Crippen molar-refractivity contribution >= 4 is 5.97 Å². The Labute approximate surface area is 119 Å². The lowest BCUT2D eigenvalue weighted by Crippen LogP contribution is -2.01. The summed E-state index contributed by atoms with van der Waals surface area (Å²) in [4.78, 5) is 9.94. The first-order valence-electron chi connectivity index (χ1n) is 6.17. The quantitative estimate of drug-likeness (QED) is 0.527. The maximum Gasteiger partial charge on any atom is 0.372 e. The lowest BCUT2D eigenvalue weighted by molar-refractivity contribution is -0.138. The van der Waals surface area contributed by atoms with E-state index >= 15 is 0 Å². The molecule has 0 saturated carbocycles. The summed E-state index contributed by atoms with van der Waals surface area (Å²) >= 11 is 0. The van der Waals surface area contributed by atoms with E-state index in [0.29, 0.717) is 0 Å². The van der Waals surface area contributed by atoms with Crippen LogP contribution in [0.5, 0.6) is 0 Å². The summed E-state index contributed by atoms with van der Waals surface area (Å²) in [5.41, 5.74) is 2.74. The van der Waals surface area contributed by atoms with E-state index in [1.54, 1.807) is 0 Å². The predicted molar refractivity (Wildman–Crippen MR) is 79.5 cm³/mol. The molecule has 0 bridgehead atoms. The van der Waals surface area contributed by atoms with Gasteiger partial charge < -0.3 is 9.84 Å². The molecule has 0 aliphatic rings. The van der Waals surface area contributed by atoms with Crippen molar-refractivity contribution in [1.82, 2.24) is 0 Å². The van der Waals surface area contributed by atoms with E-state index in [0.717, 1.165) is 6.42 Å². The minimum atomic E-state index is -0.792. The third kappa shape index (κ3) is 5.87. The topological polar surface area (TPSA) is 46.5 Å². The molecule has 20 heavy (non-hydrogen) atoms. The van der Waals surface area contributed by atoms with Crippen LogP contribution in [0.1, 0.15) is 11.1 Å². The lowest BCUT2D eigenvalue weighted by Gasteiger charge is -2.00. The van der Waals surface area contributed by atoms with E-state index < -0.39 is 11.7 Å². The summed E-state index contributed by atoms with van der Waals surface area (Å²) in [6.07, 6.45) is 1.03. The molecule has 0 amide bonds. The van der Waals surface area contributed by atoms with Gasteiger partial charge in [0.1, 0.15) is 0 Å². The Morgan fingerprint density at radius 1 is 1.00 bits per heavy atom. The Hall–Kier alpha value is -2.55. The zero-order valence-electron chi connectivity index (χ0n) is 11.5. The van der Waals surface area contributed by atoms with Gasteiger partial charge in [0.15, 0.2) is 5.76 Å². The van der Waals surface area contributed by atoms with E-state index in [1.165, 1.54) is 18.2 Å². The molecule has 0 heterocycles. The predicted octanol–water partition coefficient (Wildman–Crippen LogP) is 3.51. The molecular weight excluding hydrogens is 252 g/mol. The fourth-order valence-corrected chi connectivity index (χ4v) is 1.55. The van der Waals surface area contributed by atoms with Crippen LogP contribution in [-0.4, -0.2) is 18.2 Å². The molecule has 104 valence electrons. The highest BCUT2D eigenvalue weighted by atomic mass is 16.5. The third-order valence-corrected chi connectivity index (χ3v) is 2.51. The number of methoxy groups -OCH3 is 1. The standard InChI is InChI=1S/C13H12.C4H6O3/c1-3-7-12(8-4-1)11-13-9-5-2-6-10-13;1-3(5)4(6)7-2/h1-10H,11H2;5H,1H2,2H3. The summed E-state index contributed by atoms with van der Waals surface area (Å²) < 4.78 is 4.02. The molecule has 2 aromatic carbocycles. The first kappa shape index (κ1) is 15.5. The van der Waals surface area contributed by atoms with Crippen molar-refractivity contribution in [2.75, 3.05) is 7.11 Å². The normalized spacial score (nSPS) is 9.05. The van der Waals surface area contributed by atoms with Crippen LogP contribution >= 0.6 is 0 Å². The second-order valence-electron chi connectivity index (χ2n) is 4.09. The fourth-order valence-electron chi connectivity index (χ4n) is 1.55. The summed E-state index contributed by atoms with van der Waals surface area (Å²) in [6, 6.07) is 21.1. The third-order valence-electron chi connectivity index (χ3n) is 2.51. The smallest absolute Gasteiger partial charge is 0.372 e. The van der Waals surface area contributed by atoms with Gasteiger partial charge >= 0.3 is 5.97 Å². The summed E-state index contributed by atoms with van der Waals surface area (Å²) in [6.45, 7) is 2.91. The van der Waals surface area contributed by atoms with Gasteiger partial charge in [-0.2, -0.15) is 0 Å². The second kappa shape index (κ2) is 8.53.